The molecule has 0 fully saturated rings. The van der Waals surface area contributed by atoms with Crippen molar-refractivity contribution in [1.82, 2.24) is 10.6 Å². The zero-order valence-electron chi connectivity index (χ0n) is 21.9. The summed E-state index contributed by atoms with van der Waals surface area (Å²) in [5.74, 6) is 1.31. The van der Waals surface area contributed by atoms with Crippen molar-refractivity contribution in [2.24, 2.45) is 0 Å². The van der Waals surface area contributed by atoms with Crippen molar-refractivity contribution in [2.75, 3.05) is 27.9 Å². The Morgan fingerprint density at radius 3 is 2.55 bits per heavy atom. The minimum absolute atomic E-state index is 0.166. The number of hydrogen-bond donors (Lipinski definition) is 3. The van der Waals surface area contributed by atoms with Gasteiger partial charge in [0.15, 0.2) is 11.5 Å². The minimum atomic E-state index is -0.380. The van der Waals surface area contributed by atoms with Crippen molar-refractivity contribution in [3.63, 3.8) is 0 Å². The molecule has 3 aromatic rings. The fraction of sp³-hybridized carbons (Fsp3) is 0.310. The second-order valence-corrected chi connectivity index (χ2v) is 8.79. The molecule has 1 atom stereocenters. The monoisotopic (exact) mass is 520 g/mol. The SMILES string of the molecule is C/C=C/C=C/C(=O)NCC(=O)N[C@H]1CCc2cc(OC)c(OC)c(OC)c2-c2cc3cc(CO)oc3cc21. The number of nitrogens with one attached hydrogen (secondary N) is 2. The number of ether oxygens (including phenoxy) is 3. The first-order valence-electron chi connectivity index (χ1n) is 12.3. The molecule has 3 N–H and O–H groups in total. The number of aryl methyl sites for hydroxylation is 1. The number of fused-ring (bicyclic) bond motifs is 4. The number of carbonyl (C=O) groups is 2. The van der Waals surface area contributed by atoms with Crippen molar-refractivity contribution in [3.8, 4) is 28.4 Å². The molecule has 0 spiro atoms. The van der Waals surface area contributed by atoms with Crippen molar-refractivity contribution < 1.29 is 33.3 Å². The summed E-state index contributed by atoms with van der Waals surface area (Å²) < 4.78 is 22.9. The van der Waals surface area contributed by atoms with Gasteiger partial charge in [0.25, 0.3) is 0 Å². The molecule has 1 aromatic heterocycles. The quantitative estimate of drug-likeness (QED) is 0.289. The van der Waals surface area contributed by atoms with Gasteiger partial charge in [-0.25, -0.2) is 0 Å². The molecule has 2 amide bonds. The highest BCUT2D eigenvalue weighted by molar-refractivity contribution is 5.93. The third-order valence-corrected chi connectivity index (χ3v) is 6.46. The highest BCUT2D eigenvalue weighted by atomic mass is 16.5. The van der Waals surface area contributed by atoms with Gasteiger partial charge in [0.1, 0.15) is 18.0 Å². The number of aliphatic hydroxyl groups excluding tert-OH is 1. The molecular formula is C29H32N2O7. The maximum Gasteiger partial charge on any atom is 0.244 e. The van der Waals surface area contributed by atoms with Crippen LogP contribution in [0.25, 0.3) is 22.1 Å². The van der Waals surface area contributed by atoms with Crippen LogP contribution >= 0.6 is 0 Å². The van der Waals surface area contributed by atoms with Gasteiger partial charge in [-0.05, 0) is 60.7 Å². The van der Waals surface area contributed by atoms with E-state index in [9.17, 15) is 14.7 Å². The van der Waals surface area contributed by atoms with E-state index in [-0.39, 0.29) is 31.0 Å². The first kappa shape index (κ1) is 26.8. The number of allylic oxidation sites excluding steroid dienone is 3. The number of carbonyl (C=O) groups excluding carboxylic acids is 2. The van der Waals surface area contributed by atoms with Gasteiger partial charge in [-0.1, -0.05) is 18.2 Å². The summed E-state index contributed by atoms with van der Waals surface area (Å²) in [5, 5.41) is 16.1. The smallest absolute Gasteiger partial charge is 0.244 e. The van der Waals surface area contributed by atoms with Gasteiger partial charge in [0, 0.05) is 17.0 Å². The van der Waals surface area contributed by atoms with Crippen LogP contribution in [-0.2, 0) is 22.6 Å². The Hall–Kier alpha value is -4.24. The number of amides is 2. The van der Waals surface area contributed by atoms with Gasteiger partial charge in [-0.2, -0.15) is 0 Å². The topological polar surface area (TPSA) is 119 Å². The van der Waals surface area contributed by atoms with Gasteiger partial charge in [-0.15, -0.1) is 0 Å². The van der Waals surface area contributed by atoms with Crippen LogP contribution in [0.15, 0.2) is 53.0 Å². The van der Waals surface area contributed by atoms with E-state index >= 15 is 0 Å². The van der Waals surface area contributed by atoms with Gasteiger partial charge in [0.05, 0.1) is 33.9 Å². The van der Waals surface area contributed by atoms with E-state index in [1.807, 2.05) is 25.1 Å². The van der Waals surface area contributed by atoms with E-state index in [0.717, 1.165) is 27.6 Å². The second kappa shape index (κ2) is 11.9. The Labute approximate surface area is 221 Å². The van der Waals surface area contributed by atoms with Crippen molar-refractivity contribution in [3.05, 3.63) is 65.5 Å². The summed E-state index contributed by atoms with van der Waals surface area (Å²) in [5.41, 5.74) is 4.08. The average Bonchev–Trinajstić information content (AvgIpc) is 3.28. The van der Waals surface area contributed by atoms with Crippen LogP contribution in [0.1, 0.15) is 36.3 Å². The fourth-order valence-electron chi connectivity index (χ4n) is 4.77. The van der Waals surface area contributed by atoms with E-state index in [1.54, 1.807) is 45.6 Å². The molecule has 4 rings (SSSR count). The maximum atomic E-state index is 12.9. The molecule has 1 aliphatic rings. The van der Waals surface area contributed by atoms with Crippen LogP contribution in [0.5, 0.6) is 17.2 Å². The Bertz CT molecular complexity index is 1400. The molecule has 200 valence electrons. The van der Waals surface area contributed by atoms with Crippen LogP contribution in [0.4, 0.5) is 0 Å². The van der Waals surface area contributed by atoms with E-state index in [4.69, 9.17) is 18.6 Å². The van der Waals surface area contributed by atoms with Crippen LogP contribution in [0.3, 0.4) is 0 Å². The summed E-state index contributed by atoms with van der Waals surface area (Å²) in [6, 6.07) is 7.20. The number of furan rings is 1. The summed E-state index contributed by atoms with van der Waals surface area (Å²) in [6.45, 7) is 1.45. The molecule has 38 heavy (non-hydrogen) atoms. The molecule has 9 heteroatoms. The van der Waals surface area contributed by atoms with Crippen LogP contribution in [-0.4, -0.2) is 44.8 Å². The number of rotatable bonds is 9. The largest absolute Gasteiger partial charge is 0.493 e. The molecule has 1 heterocycles. The van der Waals surface area contributed by atoms with E-state index < -0.39 is 0 Å². The number of hydrogen-bond acceptors (Lipinski definition) is 7. The Morgan fingerprint density at radius 2 is 1.87 bits per heavy atom. The molecule has 0 radical (unpaired) electrons. The van der Waals surface area contributed by atoms with Crippen molar-refractivity contribution >= 4 is 22.8 Å². The summed E-state index contributed by atoms with van der Waals surface area (Å²) in [4.78, 5) is 24.9. The molecule has 0 saturated heterocycles. The number of methoxy groups -OCH3 is 3. The minimum Gasteiger partial charge on any atom is -0.493 e. The second-order valence-electron chi connectivity index (χ2n) is 8.79. The van der Waals surface area contributed by atoms with Gasteiger partial charge in [-0.3, -0.25) is 9.59 Å². The zero-order valence-corrected chi connectivity index (χ0v) is 21.9. The lowest BCUT2D eigenvalue weighted by molar-refractivity contribution is -0.124. The standard InChI is InChI=1S/C29H32N2O7/c1-5-6-7-8-25(33)30-15-26(34)31-22-10-9-17-13-24(35-2)28(36-3)29(37-4)27(17)21-12-18-11-19(16-32)38-23(18)14-20(21)22/h5-8,11-14,22,32H,9-10,15-16H2,1-4H3,(H,30,33)(H,31,34)/b6-5+,8-7+/t22-/m0/s1. The first-order valence-corrected chi connectivity index (χ1v) is 12.3. The highest BCUT2D eigenvalue weighted by Crippen LogP contribution is 2.51. The number of aliphatic hydroxyl groups is 1. The Balaban J connectivity index is 1.76. The van der Waals surface area contributed by atoms with Crippen LogP contribution in [0.2, 0.25) is 0 Å². The van der Waals surface area contributed by atoms with Gasteiger partial charge >= 0.3 is 0 Å². The molecule has 9 nitrogen and oxygen atoms in total. The molecule has 1 aliphatic carbocycles. The third-order valence-electron chi connectivity index (χ3n) is 6.46. The van der Waals surface area contributed by atoms with Crippen LogP contribution < -0.4 is 24.8 Å². The highest BCUT2D eigenvalue weighted by Gasteiger charge is 2.30. The van der Waals surface area contributed by atoms with Crippen molar-refractivity contribution in [2.45, 2.75) is 32.4 Å². The normalized spacial score (nSPS) is 14.7. The molecule has 0 bridgehead atoms. The Morgan fingerprint density at radius 1 is 1.08 bits per heavy atom. The summed E-state index contributed by atoms with van der Waals surface area (Å²) in [6.07, 6.45) is 7.71. The predicted molar refractivity (Wildman–Crippen MR) is 143 cm³/mol. The third kappa shape index (κ3) is 5.38. The molecule has 0 saturated carbocycles. The zero-order chi connectivity index (χ0) is 27.2. The van der Waals surface area contributed by atoms with E-state index in [0.29, 0.717) is 41.4 Å². The van der Waals surface area contributed by atoms with Crippen molar-refractivity contribution in [1.29, 1.82) is 0 Å². The van der Waals surface area contributed by atoms with E-state index in [1.165, 1.54) is 6.08 Å². The lowest BCUT2D eigenvalue weighted by Gasteiger charge is -2.21. The predicted octanol–water partition coefficient (Wildman–Crippen LogP) is 3.97. The molecule has 2 aromatic carbocycles. The molecular weight excluding hydrogens is 488 g/mol. The average molecular weight is 521 g/mol. The Kier molecular flexibility index (Phi) is 8.38. The number of benzene rings is 2. The lowest BCUT2D eigenvalue weighted by Crippen LogP contribution is -2.38. The fourth-order valence-corrected chi connectivity index (χ4v) is 4.77. The van der Waals surface area contributed by atoms with Gasteiger partial charge < -0.3 is 34.4 Å². The van der Waals surface area contributed by atoms with Gasteiger partial charge in [0.2, 0.25) is 17.6 Å². The molecule has 0 aliphatic heterocycles. The summed E-state index contributed by atoms with van der Waals surface area (Å²) >= 11 is 0. The maximum absolute atomic E-state index is 12.9. The first-order chi connectivity index (χ1) is 18.4. The lowest BCUT2D eigenvalue weighted by atomic mass is 9.92. The van der Waals surface area contributed by atoms with E-state index in [2.05, 4.69) is 10.6 Å². The summed E-state index contributed by atoms with van der Waals surface area (Å²) in [7, 11) is 4.71. The molecule has 0 unspecified atom stereocenters. The van der Waals surface area contributed by atoms with Crippen LogP contribution in [0, 0.1) is 0 Å².